The monoisotopic (exact) mass is 251 g/mol. The topological polar surface area (TPSA) is 49.9 Å². The van der Waals surface area contributed by atoms with E-state index in [1.165, 1.54) is 0 Å². The van der Waals surface area contributed by atoms with Crippen LogP contribution in [0.4, 0.5) is 8.78 Å². The van der Waals surface area contributed by atoms with Crippen molar-refractivity contribution in [2.45, 2.75) is 6.43 Å². The minimum Gasteiger partial charge on any atom is -0.348 e. The second-order valence-electron chi connectivity index (χ2n) is 2.24. The van der Waals surface area contributed by atoms with Gasteiger partial charge in [-0.1, -0.05) is 0 Å². The van der Waals surface area contributed by atoms with Crippen LogP contribution >= 0.6 is 15.9 Å². The Labute approximate surface area is 79.9 Å². The first-order valence-corrected chi connectivity index (χ1v) is 4.01. The van der Waals surface area contributed by atoms with Crippen LogP contribution in [0.1, 0.15) is 22.5 Å². The quantitative estimate of drug-likeness (QED) is 0.645. The molecule has 0 unspecified atom stereocenters. The Hall–Kier alpha value is -1.04. The van der Waals surface area contributed by atoms with Gasteiger partial charge < -0.3 is 4.98 Å². The summed E-state index contributed by atoms with van der Waals surface area (Å²) in [6, 6.07) is 0.707. The molecule has 70 valence electrons. The zero-order valence-electron chi connectivity index (χ0n) is 6.18. The highest BCUT2D eigenvalue weighted by molar-refractivity contribution is 9.10. The van der Waals surface area contributed by atoms with E-state index < -0.39 is 17.5 Å². The Kier molecular flexibility index (Phi) is 2.92. The fraction of sp³-hybridized carbons (Fsp3) is 0.143. The molecule has 0 atom stereocenters. The third kappa shape index (κ3) is 2.00. The Morgan fingerprint density at radius 1 is 1.54 bits per heavy atom. The van der Waals surface area contributed by atoms with E-state index in [2.05, 4.69) is 20.9 Å². The summed E-state index contributed by atoms with van der Waals surface area (Å²) in [5, 5.41) is 0. The van der Waals surface area contributed by atoms with Gasteiger partial charge in [0.25, 0.3) is 6.43 Å². The molecule has 1 heterocycles. The summed E-state index contributed by atoms with van der Waals surface area (Å²) in [6.07, 6.45) is -2.46. The average Bonchev–Trinajstić information content (AvgIpc) is 2.03. The maximum Gasteiger partial charge on any atom is 0.278 e. The minimum atomic E-state index is -2.76. The molecule has 0 aliphatic heterocycles. The van der Waals surface area contributed by atoms with Crippen LogP contribution in [0.5, 0.6) is 0 Å². The molecule has 1 N–H and O–H groups in total. The summed E-state index contributed by atoms with van der Waals surface area (Å²) in [5.41, 5.74) is -1.43. The molecule has 6 heteroatoms. The molecule has 0 radical (unpaired) electrons. The smallest absolute Gasteiger partial charge is 0.278 e. The number of hydrogen-bond acceptors (Lipinski definition) is 2. The van der Waals surface area contributed by atoms with Crippen LogP contribution in [0.2, 0.25) is 0 Å². The van der Waals surface area contributed by atoms with E-state index in [1.54, 1.807) is 0 Å². The number of H-pyrrole nitrogens is 1. The summed E-state index contributed by atoms with van der Waals surface area (Å²) in [5.74, 6) is 0. The van der Waals surface area contributed by atoms with E-state index >= 15 is 0 Å². The maximum absolute atomic E-state index is 12.1. The van der Waals surface area contributed by atoms with Crippen LogP contribution in [-0.2, 0) is 0 Å². The molecule has 13 heavy (non-hydrogen) atoms. The molecule has 0 spiro atoms. The number of halogens is 3. The number of hydrogen-bond donors (Lipinski definition) is 1. The fourth-order valence-electron chi connectivity index (χ4n) is 0.785. The number of rotatable bonds is 2. The number of carbonyl (C=O) groups excluding carboxylic acids is 1. The van der Waals surface area contributed by atoms with Gasteiger partial charge in [0.2, 0.25) is 0 Å². The summed E-state index contributed by atoms with van der Waals surface area (Å²) in [4.78, 5) is 23.5. The number of aldehydes is 1. The summed E-state index contributed by atoms with van der Waals surface area (Å²) < 4.78 is 24.1. The summed E-state index contributed by atoms with van der Waals surface area (Å²) in [7, 11) is 0. The molecule has 0 fully saturated rings. The number of aromatic nitrogens is 1. The lowest BCUT2D eigenvalue weighted by molar-refractivity contribution is 0.112. The standard InChI is InChI=1S/C7H4BrF2NO2/c8-6-3(2-12)5(13)1-4(11-6)7(9)10/h1-2,7H,(H,11,13). The maximum atomic E-state index is 12.1. The van der Waals surface area contributed by atoms with Crippen molar-refractivity contribution in [3.05, 3.63) is 32.2 Å². The van der Waals surface area contributed by atoms with Crippen LogP contribution in [0.15, 0.2) is 15.5 Å². The van der Waals surface area contributed by atoms with E-state index in [0.717, 1.165) is 0 Å². The molecule has 1 rings (SSSR count). The molecule has 1 aromatic heterocycles. The van der Waals surface area contributed by atoms with E-state index in [4.69, 9.17) is 0 Å². The van der Waals surface area contributed by atoms with Gasteiger partial charge in [0, 0.05) is 6.07 Å². The molecule has 0 saturated heterocycles. The molecule has 0 aliphatic rings. The van der Waals surface area contributed by atoms with Crippen LogP contribution < -0.4 is 5.43 Å². The molecule has 0 aliphatic carbocycles. The first-order chi connectivity index (χ1) is 6.06. The number of alkyl halides is 2. The highest BCUT2D eigenvalue weighted by atomic mass is 79.9. The van der Waals surface area contributed by atoms with E-state index in [0.29, 0.717) is 12.4 Å². The van der Waals surface area contributed by atoms with Gasteiger partial charge in [-0.2, -0.15) is 0 Å². The Morgan fingerprint density at radius 3 is 2.54 bits per heavy atom. The Balaban J connectivity index is 3.37. The van der Waals surface area contributed by atoms with Gasteiger partial charge in [-0.05, 0) is 15.9 Å². The van der Waals surface area contributed by atoms with Gasteiger partial charge in [0.1, 0.15) is 0 Å². The largest absolute Gasteiger partial charge is 0.348 e. The predicted molar refractivity (Wildman–Crippen MR) is 45.1 cm³/mol. The lowest BCUT2D eigenvalue weighted by atomic mass is 10.2. The second-order valence-corrected chi connectivity index (χ2v) is 3.03. The first kappa shape index (κ1) is 10.0. The first-order valence-electron chi connectivity index (χ1n) is 3.22. The molecule has 3 nitrogen and oxygen atoms in total. The van der Waals surface area contributed by atoms with Crippen molar-refractivity contribution in [3.63, 3.8) is 0 Å². The second kappa shape index (κ2) is 3.78. The number of pyridine rings is 1. The normalized spacial score (nSPS) is 10.5. The van der Waals surface area contributed by atoms with Crippen LogP contribution in [0, 0.1) is 0 Å². The number of carbonyl (C=O) groups is 1. The lowest BCUT2D eigenvalue weighted by Crippen LogP contribution is -2.11. The zero-order chi connectivity index (χ0) is 10.0. The van der Waals surface area contributed by atoms with Gasteiger partial charge in [0.05, 0.1) is 15.9 Å². The highest BCUT2D eigenvalue weighted by Crippen LogP contribution is 2.17. The predicted octanol–water partition coefficient (Wildman–Crippen LogP) is 1.89. The van der Waals surface area contributed by atoms with Crippen molar-refractivity contribution in [1.82, 2.24) is 4.98 Å². The van der Waals surface area contributed by atoms with Crippen molar-refractivity contribution in [2.75, 3.05) is 0 Å². The van der Waals surface area contributed by atoms with Gasteiger partial charge in [-0.15, -0.1) is 0 Å². The van der Waals surface area contributed by atoms with E-state index in [9.17, 15) is 18.4 Å². The van der Waals surface area contributed by atoms with Gasteiger partial charge >= 0.3 is 0 Å². The third-order valence-corrected chi connectivity index (χ3v) is 2.02. The summed E-state index contributed by atoms with van der Waals surface area (Å²) in [6.45, 7) is 0. The SMILES string of the molecule is O=Cc1c(Br)[nH]c(C(F)F)cc1=O. The zero-order valence-corrected chi connectivity index (χ0v) is 7.77. The number of aromatic amines is 1. The molecule has 0 bridgehead atoms. The van der Waals surface area contributed by atoms with Gasteiger partial charge in [-0.25, -0.2) is 8.78 Å². The van der Waals surface area contributed by atoms with Gasteiger partial charge in [0.15, 0.2) is 11.7 Å². The van der Waals surface area contributed by atoms with E-state index in [-0.39, 0.29) is 10.2 Å². The molecular weight excluding hydrogens is 248 g/mol. The average molecular weight is 252 g/mol. The Morgan fingerprint density at radius 2 is 2.15 bits per heavy atom. The molecule has 0 aromatic carbocycles. The van der Waals surface area contributed by atoms with Crippen LogP contribution in [-0.4, -0.2) is 11.3 Å². The molecular formula is C7H4BrF2NO2. The molecule has 0 saturated carbocycles. The minimum absolute atomic E-state index is 0.0229. The van der Waals surface area contributed by atoms with Crippen LogP contribution in [0.3, 0.4) is 0 Å². The van der Waals surface area contributed by atoms with Gasteiger partial charge in [-0.3, -0.25) is 9.59 Å². The van der Waals surface area contributed by atoms with Crippen LogP contribution in [0.25, 0.3) is 0 Å². The van der Waals surface area contributed by atoms with Crippen molar-refractivity contribution < 1.29 is 13.6 Å². The van der Waals surface area contributed by atoms with E-state index in [1.807, 2.05) is 0 Å². The lowest BCUT2D eigenvalue weighted by Gasteiger charge is -2.01. The summed E-state index contributed by atoms with van der Waals surface area (Å²) >= 11 is 2.81. The van der Waals surface area contributed by atoms with Crippen molar-refractivity contribution in [1.29, 1.82) is 0 Å². The third-order valence-electron chi connectivity index (χ3n) is 1.40. The fourth-order valence-corrected chi connectivity index (χ4v) is 1.30. The molecule has 0 amide bonds. The molecule has 1 aromatic rings. The highest BCUT2D eigenvalue weighted by Gasteiger charge is 2.12. The van der Waals surface area contributed by atoms with Crippen molar-refractivity contribution in [3.8, 4) is 0 Å². The van der Waals surface area contributed by atoms with Crippen molar-refractivity contribution in [2.24, 2.45) is 0 Å². The Bertz CT molecular complexity index is 389. The van der Waals surface area contributed by atoms with Crippen molar-refractivity contribution >= 4 is 22.2 Å². The number of nitrogens with one attached hydrogen (secondary N) is 1.